The minimum absolute atomic E-state index is 0.115. The van der Waals surface area contributed by atoms with Gasteiger partial charge in [-0.3, -0.25) is 4.79 Å². The lowest BCUT2D eigenvalue weighted by Crippen LogP contribution is -2.50. The van der Waals surface area contributed by atoms with Crippen LogP contribution in [-0.2, 0) is 4.79 Å². The van der Waals surface area contributed by atoms with Crippen molar-refractivity contribution < 1.29 is 14.3 Å². The van der Waals surface area contributed by atoms with Crippen LogP contribution in [0.15, 0.2) is 53.4 Å². The van der Waals surface area contributed by atoms with E-state index in [0.29, 0.717) is 0 Å². The van der Waals surface area contributed by atoms with E-state index < -0.39 is 0 Å². The van der Waals surface area contributed by atoms with E-state index in [2.05, 4.69) is 11.0 Å². The predicted octanol–water partition coefficient (Wildman–Crippen LogP) is 3.53. The molecular weight excluding hydrogens is 360 g/mol. The average Bonchev–Trinajstić information content (AvgIpc) is 2.73. The van der Waals surface area contributed by atoms with Crippen molar-refractivity contribution in [3.63, 3.8) is 0 Å². The summed E-state index contributed by atoms with van der Waals surface area (Å²) in [5.74, 6) is 1.89. The van der Waals surface area contributed by atoms with Crippen molar-refractivity contribution >= 4 is 23.4 Å². The van der Waals surface area contributed by atoms with E-state index >= 15 is 0 Å². The fourth-order valence-corrected chi connectivity index (χ4v) is 4.18. The summed E-state index contributed by atoms with van der Waals surface area (Å²) in [6.45, 7) is 5.05. The number of benzene rings is 2. The van der Waals surface area contributed by atoms with Gasteiger partial charge in [-0.25, -0.2) is 0 Å². The van der Waals surface area contributed by atoms with Gasteiger partial charge in [0.2, 0.25) is 5.91 Å². The molecule has 144 valence electrons. The highest BCUT2D eigenvalue weighted by atomic mass is 32.2. The van der Waals surface area contributed by atoms with E-state index in [1.807, 2.05) is 54.3 Å². The maximum atomic E-state index is 12.8. The van der Waals surface area contributed by atoms with Crippen molar-refractivity contribution in [3.05, 3.63) is 48.5 Å². The van der Waals surface area contributed by atoms with Gasteiger partial charge in [-0.1, -0.05) is 12.1 Å². The number of amides is 1. The highest BCUT2D eigenvalue weighted by Crippen LogP contribution is 2.30. The standard InChI is InChI=1S/C21H26N2O3S/c1-16(27-18-10-8-17(25-2)9-11-18)21(24)23-14-12-22(13-15-23)19-6-4-5-7-20(19)26-3/h4-11,16H,12-15H2,1-3H3/t16-/m0/s1. The van der Waals surface area contributed by atoms with Crippen LogP contribution in [0.25, 0.3) is 0 Å². The quantitative estimate of drug-likeness (QED) is 0.711. The maximum Gasteiger partial charge on any atom is 0.235 e. The van der Waals surface area contributed by atoms with Crippen molar-refractivity contribution in [1.82, 2.24) is 4.90 Å². The summed E-state index contributed by atoms with van der Waals surface area (Å²) in [6, 6.07) is 15.9. The molecule has 2 aromatic carbocycles. The minimum atomic E-state index is -0.115. The lowest BCUT2D eigenvalue weighted by atomic mass is 10.2. The molecular formula is C21H26N2O3S. The third-order valence-corrected chi connectivity index (χ3v) is 5.84. The summed E-state index contributed by atoms with van der Waals surface area (Å²) in [7, 11) is 3.34. The highest BCUT2D eigenvalue weighted by Gasteiger charge is 2.26. The van der Waals surface area contributed by atoms with Gasteiger partial charge in [0, 0.05) is 31.1 Å². The molecule has 1 amide bonds. The van der Waals surface area contributed by atoms with Crippen molar-refractivity contribution in [2.24, 2.45) is 0 Å². The zero-order valence-electron chi connectivity index (χ0n) is 16.1. The van der Waals surface area contributed by atoms with E-state index in [1.54, 1.807) is 26.0 Å². The average molecular weight is 387 g/mol. The number of ether oxygens (including phenoxy) is 2. The lowest BCUT2D eigenvalue weighted by Gasteiger charge is -2.37. The molecule has 1 atom stereocenters. The first kappa shape index (κ1) is 19.4. The van der Waals surface area contributed by atoms with Crippen molar-refractivity contribution in [1.29, 1.82) is 0 Å². The summed E-state index contributed by atoms with van der Waals surface area (Å²) in [5.41, 5.74) is 1.09. The van der Waals surface area contributed by atoms with Crippen molar-refractivity contribution in [2.75, 3.05) is 45.3 Å². The van der Waals surface area contributed by atoms with Crippen molar-refractivity contribution in [3.8, 4) is 11.5 Å². The summed E-state index contributed by atoms with van der Waals surface area (Å²) in [5, 5.41) is -0.115. The number of methoxy groups -OCH3 is 2. The van der Waals surface area contributed by atoms with E-state index in [0.717, 1.165) is 48.3 Å². The number of rotatable bonds is 6. The molecule has 1 aliphatic rings. The van der Waals surface area contributed by atoms with Crippen LogP contribution in [0.5, 0.6) is 11.5 Å². The van der Waals surface area contributed by atoms with Gasteiger partial charge < -0.3 is 19.3 Å². The predicted molar refractivity (Wildman–Crippen MR) is 110 cm³/mol. The normalized spacial score (nSPS) is 15.4. The molecule has 0 unspecified atom stereocenters. The Balaban J connectivity index is 1.55. The maximum absolute atomic E-state index is 12.8. The van der Waals surface area contributed by atoms with Crippen LogP contribution in [0.1, 0.15) is 6.92 Å². The largest absolute Gasteiger partial charge is 0.497 e. The van der Waals surface area contributed by atoms with E-state index in [4.69, 9.17) is 9.47 Å². The smallest absolute Gasteiger partial charge is 0.235 e. The summed E-state index contributed by atoms with van der Waals surface area (Å²) >= 11 is 1.59. The molecule has 1 saturated heterocycles. The molecule has 0 spiro atoms. The minimum Gasteiger partial charge on any atom is -0.497 e. The number of hydrogen-bond donors (Lipinski definition) is 0. The number of carbonyl (C=O) groups excluding carboxylic acids is 1. The number of thioether (sulfide) groups is 1. The second kappa shape index (κ2) is 9.04. The molecule has 3 rings (SSSR count). The molecule has 1 aliphatic heterocycles. The van der Waals surface area contributed by atoms with E-state index in [9.17, 15) is 4.79 Å². The number of carbonyl (C=O) groups is 1. The third kappa shape index (κ3) is 4.69. The van der Waals surface area contributed by atoms with Crippen LogP contribution < -0.4 is 14.4 Å². The van der Waals surface area contributed by atoms with Gasteiger partial charge in [-0.2, -0.15) is 0 Å². The van der Waals surface area contributed by atoms with Gasteiger partial charge in [0.25, 0.3) is 0 Å². The Kier molecular flexibility index (Phi) is 6.50. The molecule has 0 aliphatic carbocycles. The lowest BCUT2D eigenvalue weighted by molar-refractivity contribution is -0.130. The Labute approximate surface area is 165 Å². The molecule has 0 saturated carbocycles. The van der Waals surface area contributed by atoms with Crippen LogP contribution in [0.4, 0.5) is 5.69 Å². The van der Waals surface area contributed by atoms with Gasteiger partial charge in [-0.05, 0) is 43.3 Å². The van der Waals surface area contributed by atoms with Crippen LogP contribution in [0.3, 0.4) is 0 Å². The third-order valence-electron chi connectivity index (χ3n) is 4.74. The first-order valence-electron chi connectivity index (χ1n) is 9.10. The first-order chi connectivity index (χ1) is 13.1. The molecule has 2 aromatic rings. The molecule has 0 aromatic heterocycles. The summed E-state index contributed by atoms with van der Waals surface area (Å²) in [6.07, 6.45) is 0. The number of hydrogen-bond acceptors (Lipinski definition) is 5. The second-order valence-corrected chi connectivity index (χ2v) is 7.83. The molecule has 1 heterocycles. The van der Waals surface area contributed by atoms with Gasteiger partial charge in [0.1, 0.15) is 11.5 Å². The van der Waals surface area contributed by atoms with Crippen LogP contribution in [0.2, 0.25) is 0 Å². The van der Waals surface area contributed by atoms with Crippen LogP contribution >= 0.6 is 11.8 Å². The zero-order chi connectivity index (χ0) is 19.2. The Morgan fingerprint density at radius 1 is 0.963 bits per heavy atom. The topological polar surface area (TPSA) is 42.0 Å². The summed E-state index contributed by atoms with van der Waals surface area (Å²) < 4.78 is 10.6. The van der Waals surface area contributed by atoms with Crippen LogP contribution in [0, 0.1) is 0 Å². The molecule has 27 heavy (non-hydrogen) atoms. The first-order valence-corrected chi connectivity index (χ1v) is 9.98. The molecule has 0 radical (unpaired) electrons. The zero-order valence-corrected chi connectivity index (χ0v) is 16.9. The fraction of sp³-hybridized carbons (Fsp3) is 0.381. The summed E-state index contributed by atoms with van der Waals surface area (Å²) in [4.78, 5) is 18.1. The number of piperazine rings is 1. The second-order valence-electron chi connectivity index (χ2n) is 6.42. The number of anilines is 1. The SMILES string of the molecule is COc1ccc(S[C@@H](C)C(=O)N2CCN(c3ccccc3OC)CC2)cc1. The Bertz CT molecular complexity index is 758. The Hall–Kier alpha value is -2.34. The molecule has 1 fully saturated rings. The molecule has 0 N–H and O–H groups in total. The van der Waals surface area contributed by atoms with Gasteiger partial charge in [0.15, 0.2) is 0 Å². The molecule has 5 nitrogen and oxygen atoms in total. The number of nitrogens with zero attached hydrogens (tertiary/aromatic N) is 2. The number of para-hydroxylation sites is 2. The van der Waals surface area contributed by atoms with Gasteiger partial charge >= 0.3 is 0 Å². The van der Waals surface area contributed by atoms with Crippen LogP contribution in [-0.4, -0.2) is 56.5 Å². The molecule has 0 bridgehead atoms. The van der Waals surface area contributed by atoms with E-state index in [1.165, 1.54) is 0 Å². The van der Waals surface area contributed by atoms with Gasteiger partial charge in [-0.15, -0.1) is 11.8 Å². The highest BCUT2D eigenvalue weighted by molar-refractivity contribution is 8.00. The molecule has 6 heteroatoms. The van der Waals surface area contributed by atoms with Gasteiger partial charge in [0.05, 0.1) is 25.2 Å². The van der Waals surface area contributed by atoms with E-state index in [-0.39, 0.29) is 11.2 Å². The fourth-order valence-electron chi connectivity index (χ4n) is 3.22. The monoisotopic (exact) mass is 386 g/mol. The Morgan fingerprint density at radius 2 is 1.63 bits per heavy atom. The van der Waals surface area contributed by atoms with Crippen molar-refractivity contribution in [2.45, 2.75) is 17.1 Å². The Morgan fingerprint density at radius 3 is 2.26 bits per heavy atom.